The van der Waals surface area contributed by atoms with E-state index in [1.807, 2.05) is 19.1 Å². The van der Waals surface area contributed by atoms with Gasteiger partial charge in [-0.1, -0.05) is 0 Å². The second kappa shape index (κ2) is 6.63. The van der Waals surface area contributed by atoms with Gasteiger partial charge in [0.2, 0.25) is 0 Å². The molecule has 0 aliphatic carbocycles. The summed E-state index contributed by atoms with van der Waals surface area (Å²) in [5.74, 6) is 1.65. The molecule has 0 aromatic carbocycles. The van der Waals surface area contributed by atoms with Gasteiger partial charge in [-0.05, 0) is 26.0 Å². The van der Waals surface area contributed by atoms with E-state index >= 15 is 0 Å². The van der Waals surface area contributed by atoms with Crippen molar-refractivity contribution in [3.63, 3.8) is 0 Å². The quantitative estimate of drug-likeness (QED) is 0.477. The Hall–Kier alpha value is -1.46. The van der Waals surface area contributed by atoms with Crippen LogP contribution in [0.2, 0.25) is 0 Å². The molecule has 0 radical (unpaired) electrons. The maximum atomic E-state index is 5.08. The standard InChI is InChI=1S/C14H17N3OS/c1-10-11(2)16-13(12-4-6-15-7-5-12)17-14(10)19-9-8-18-3/h4-7H,8-9H2,1-3H3. The van der Waals surface area contributed by atoms with Crippen molar-refractivity contribution in [3.05, 3.63) is 35.8 Å². The molecule has 0 spiro atoms. The van der Waals surface area contributed by atoms with Crippen LogP contribution in [0.4, 0.5) is 0 Å². The molecule has 0 amide bonds. The van der Waals surface area contributed by atoms with E-state index in [1.54, 1.807) is 31.3 Å². The second-order valence-electron chi connectivity index (χ2n) is 4.14. The fourth-order valence-electron chi connectivity index (χ4n) is 1.59. The lowest BCUT2D eigenvalue weighted by Crippen LogP contribution is -2.00. The third-order valence-electron chi connectivity index (χ3n) is 2.81. The van der Waals surface area contributed by atoms with Crippen molar-refractivity contribution < 1.29 is 4.74 Å². The van der Waals surface area contributed by atoms with E-state index in [2.05, 4.69) is 21.9 Å². The number of methoxy groups -OCH3 is 1. The topological polar surface area (TPSA) is 47.9 Å². The van der Waals surface area contributed by atoms with E-state index in [1.165, 1.54) is 0 Å². The molecule has 0 aliphatic heterocycles. The number of hydrogen-bond acceptors (Lipinski definition) is 5. The van der Waals surface area contributed by atoms with Gasteiger partial charge in [-0.2, -0.15) is 0 Å². The lowest BCUT2D eigenvalue weighted by atomic mass is 10.2. The van der Waals surface area contributed by atoms with Gasteiger partial charge in [0.1, 0.15) is 5.03 Å². The summed E-state index contributed by atoms with van der Waals surface area (Å²) in [7, 11) is 1.71. The molecule has 2 heterocycles. The van der Waals surface area contributed by atoms with Crippen LogP contribution in [0.25, 0.3) is 11.4 Å². The number of pyridine rings is 1. The molecule has 0 saturated heterocycles. The monoisotopic (exact) mass is 275 g/mol. The number of nitrogens with zero attached hydrogens (tertiary/aromatic N) is 3. The predicted molar refractivity (Wildman–Crippen MR) is 77.3 cm³/mol. The summed E-state index contributed by atoms with van der Waals surface area (Å²) in [6.45, 7) is 4.79. The molecule has 2 aromatic rings. The molecule has 0 unspecified atom stereocenters. The maximum absolute atomic E-state index is 5.08. The van der Waals surface area contributed by atoms with E-state index in [0.717, 1.165) is 40.0 Å². The van der Waals surface area contributed by atoms with Gasteiger partial charge in [-0.15, -0.1) is 11.8 Å². The van der Waals surface area contributed by atoms with Gasteiger partial charge in [-0.25, -0.2) is 9.97 Å². The third-order valence-corrected chi connectivity index (χ3v) is 3.85. The van der Waals surface area contributed by atoms with Crippen molar-refractivity contribution in [2.45, 2.75) is 18.9 Å². The number of aryl methyl sites for hydroxylation is 1. The molecule has 19 heavy (non-hydrogen) atoms. The van der Waals surface area contributed by atoms with E-state index < -0.39 is 0 Å². The van der Waals surface area contributed by atoms with Crippen molar-refractivity contribution in [3.8, 4) is 11.4 Å². The Morgan fingerprint density at radius 1 is 1.16 bits per heavy atom. The molecule has 0 aliphatic rings. The van der Waals surface area contributed by atoms with Gasteiger partial charge in [0.15, 0.2) is 5.82 Å². The van der Waals surface area contributed by atoms with Gasteiger partial charge >= 0.3 is 0 Å². The summed E-state index contributed by atoms with van der Waals surface area (Å²) >= 11 is 1.70. The number of thioether (sulfide) groups is 1. The number of aromatic nitrogens is 3. The van der Waals surface area contributed by atoms with Crippen LogP contribution < -0.4 is 0 Å². The highest BCUT2D eigenvalue weighted by Gasteiger charge is 2.09. The molecular weight excluding hydrogens is 258 g/mol. The fourth-order valence-corrected chi connectivity index (χ4v) is 2.55. The highest BCUT2D eigenvalue weighted by molar-refractivity contribution is 7.99. The lowest BCUT2D eigenvalue weighted by Gasteiger charge is -2.09. The first-order valence-electron chi connectivity index (χ1n) is 6.09. The van der Waals surface area contributed by atoms with Gasteiger partial charge in [0.05, 0.1) is 6.61 Å². The van der Waals surface area contributed by atoms with E-state index in [0.29, 0.717) is 0 Å². The molecule has 0 atom stereocenters. The summed E-state index contributed by atoms with van der Waals surface area (Å²) in [5, 5.41) is 1.02. The Balaban J connectivity index is 2.31. The number of ether oxygens (including phenoxy) is 1. The molecule has 0 bridgehead atoms. The van der Waals surface area contributed by atoms with E-state index in [9.17, 15) is 0 Å². The van der Waals surface area contributed by atoms with Crippen molar-refractivity contribution >= 4 is 11.8 Å². The molecule has 0 saturated carbocycles. The van der Waals surface area contributed by atoms with Crippen LogP contribution in [0.5, 0.6) is 0 Å². The van der Waals surface area contributed by atoms with Gasteiger partial charge < -0.3 is 4.74 Å². The van der Waals surface area contributed by atoms with Crippen LogP contribution in [0.3, 0.4) is 0 Å². The average Bonchev–Trinajstić information content (AvgIpc) is 2.44. The van der Waals surface area contributed by atoms with Gasteiger partial charge in [0, 0.05) is 42.1 Å². The van der Waals surface area contributed by atoms with E-state index in [4.69, 9.17) is 4.74 Å². The minimum Gasteiger partial charge on any atom is -0.384 e. The average molecular weight is 275 g/mol. The summed E-state index contributed by atoms with van der Waals surface area (Å²) in [6, 6.07) is 3.85. The molecule has 2 aromatic heterocycles. The number of rotatable bonds is 5. The predicted octanol–water partition coefficient (Wildman–Crippen LogP) is 2.89. The maximum Gasteiger partial charge on any atom is 0.160 e. The van der Waals surface area contributed by atoms with Gasteiger partial charge in [0.25, 0.3) is 0 Å². The molecule has 0 N–H and O–H groups in total. The highest BCUT2D eigenvalue weighted by atomic mass is 32.2. The zero-order valence-corrected chi connectivity index (χ0v) is 12.2. The largest absolute Gasteiger partial charge is 0.384 e. The van der Waals surface area contributed by atoms with Crippen molar-refractivity contribution in [1.82, 2.24) is 15.0 Å². The summed E-state index contributed by atoms with van der Waals surface area (Å²) in [4.78, 5) is 13.2. The van der Waals surface area contributed by atoms with Crippen LogP contribution in [0.1, 0.15) is 11.3 Å². The molecular formula is C14H17N3OS. The Bertz CT molecular complexity index is 546. The zero-order valence-electron chi connectivity index (χ0n) is 11.4. The normalized spacial score (nSPS) is 10.7. The SMILES string of the molecule is COCCSc1nc(-c2ccncc2)nc(C)c1C. The van der Waals surface area contributed by atoms with Gasteiger partial charge in [-0.3, -0.25) is 4.98 Å². The van der Waals surface area contributed by atoms with Crippen LogP contribution in [-0.2, 0) is 4.74 Å². The first kappa shape index (κ1) is 14.0. The Kier molecular flexibility index (Phi) is 4.87. The summed E-state index contributed by atoms with van der Waals surface area (Å²) < 4.78 is 5.08. The Labute approximate surface area is 117 Å². The van der Waals surface area contributed by atoms with Crippen molar-refractivity contribution in [1.29, 1.82) is 0 Å². The molecule has 4 nitrogen and oxygen atoms in total. The Morgan fingerprint density at radius 3 is 2.58 bits per heavy atom. The molecule has 0 fully saturated rings. The van der Waals surface area contributed by atoms with Crippen LogP contribution in [-0.4, -0.2) is 34.4 Å². The Morgan fingerprint density at radius 2 is 1.89 bits per heavy atom. The third kappa shape index (κ3) is 3.52. The first-order chi connectivity index (χ1) is 9.22. The van der Waals surface area contributed by atoms with Crippen LogP contribution in [0.15, 0.2) is 29.6 Å². The molecule has 2 rings (SSSR count). The smallest absolute Gasteiger partial charge is 0.160 e. The van der Waals surface area contributed by atoms with E-state index in [-0.39, 0.29) is 0 Å². The van der Waals surface area contributed by atoms with Crippen molar-refractivity contribution in [2.24, 2.45) is 0 Å². The lowest BCUT2D eigenvalue weighted by molar-refractivity contribution is 0.218. The first-order valence-corrected chi connectivity index (χ1v) is 7.08. The summed E-state index contributed by atoms with van der Waals surface area (Å²) in [5.41, 5.74) is 3.15. The highest BCUT2D eigenvalue weighted by Crippen LogP contribution is 2.25. The van der Waals surface area contributed by atoms with Crippen LogP contribution >= 0.6 is 11.8 Å². The minimum atomic E-state index is 0.720. The minimum absolute atomic E-state index is 0.720. The molecule has 5 heteroatoms. The number of hydrogen-bond donors (Lipinski definition) is 0. The zero-order chi connectivity index (χ0) is 13.7. The fraction of sp³-hybridized carbons (Fsp3) is 0.357. The van der Waals surface area contributed by atoms with Crippen LogP contribution in [0, 0.1) is 13.8 Å². The summed E-state index contributed by atoms with van der Waals surface area (Å²) in [6.07, 6.45) is 3.51. The molecule has 100 valence electrons. The second-order valence-corrected chi connectivity index (χ2v) is 5.22. The van der Waals surface area contributed by atoms with Crippen molar-refractivity contribution in [2.75, 3.05) is 19.5 Å².